The van der Waals surface area contributed by atoms with Gasteiger partial charge in [0.15, 0.2) is 5.69 Å². The standard InChI is InChI=1S/C7H7N3S/c11-10-5-6-3-1-2-4-7(6)8-9-10/h1-4,8H,5H2. The van der Waals surface area contributed by atoms with Crippen LogP contribution in [0, 0.1) is 0 Å². The van der Waals surface area contributed by atoms with Crippen molar-refractivity contribution in [2.75, 3.05) is 5.43 Å². The van der Waals surface area contributed by atoms with Gasteiger partial charge in [-0.25, -0.2) is 0 Å². The molecule has 0 spiro atoms. The first-order chi connectivity index (χ1) is 5.36. The van der Waals surface area contributed by atoms with E-state index in [4.69, 9.17) is 12.8 Å². The summed E-state index contributed by atoms with van der Waals surface area (Å²) >= 11 is 4.87. The summed E-state index contributed by atoms with van der Waals surface area (Å²) in [5, 5.41) is 3.87. The molecule has 4 heteroatoms. The summed E-state index contributed by atoms with van der Waals surface area (Å²) in [6.07, 6.45) is 0. The molecule has 0 aliphatic carbocycles. The third-order valence-electron chi connectivity index (χ3n) is 1.60. The van der Waals surface area contributed by atoms with Crippen LogP contribution in [-0.2, 0) is 19.4 Å². The minimum absolute atomic E-state index is 0.707. The highest BCUT2D eigenvalue weighted by molar-refractivity contribution is 7.51. The summed E-state index contributed by atoms with van der Waals surface area (Å²) in [6, 6.07) is 7.99. The first-order valence-corrected chi connectivity index (χ1v) is 3.72. The summed E-state index contributed by atoms with van der Waals surface area (Å²) in [5.74, 6) is 0. The number of anilines is 1. The average molecular weight is 165 g/mol. The van der Waals surface area contributed by atoms with Crippen LogP contribution in [0.4, 0.5) is 5.69 Å². The molecule has 0 bridgehead atoms. The van der Waals surface area contributed by atoms with Crippen molar-refractivity contribution in [3.8, 4) is 0 Å². The molecule has 0 aromatic heterocycles. The SMILES string of the molecule is [S-][N+]1=NNc2ccccc2C1. The van der Waals surface area contributed by atoms with E-state index in [9.17, 15) is 0 Å². The molecule has 1 N–H and O–H groups in total. The van der Waals surface area contributed by atoms with E-state index in [-0.39, 0.29) is 0 Å². The van der Waals surface area contributed by atoms with E-state index in [1.54, 1.807) is 0 Å². The molecule has 1 heterocycles. The van der Waals surface area contributed by atoms with E-state index in [0.29, 0.717) is 6.54 Å². The number of hydrogen-bond donors (Lipinski definition) is 1. The number of fused-ring (bicyclic) bond motifs is 1. The molecule has 11 heavy (non-hydrogen) atoms. The van der Waals surface area contributed by atoms with E-state index in [0.717, 1.165) is 5.69 Å². The summed E-state index contributed by atoms with van der Waals surface area (Å²) in [4.78, 5) is 0. The Kier molecular flexibility index (Phi) is 1.47. The van der Waals surface area contributed by atoms with Crippen molar-refractivity contribution in [1.29, 1.82) is 0 Å². The first kappa shape index (κ1) is 6.54. The Morgan fingerprint density at radius 3 is 3.18 bits per heavy atom. The predicted octanol–water partition coefficient (Wildman–Crippen LogP) is 1.45. The second-order valence-electron chi connectivity index (χ2n) is 2.38. The molecule has 1 aromatic carbocycles. The first-order valence-electron chi connectivity index (χ1n) is 3.35. The Bertz CT molecular complexity index is 308. The summed E-state index contributed by atoms with van der Waals surface area (Å²) in [7, 11) is 0. The fraction of sp³-hybridized carbons (Fsp3) is 0.143. The van der Waals surface area contributed by atoms with Gasteiger partial charge in [0.25, 0.3) is 0 Å². The zero-order valence-electron chi connectivity index (χ0n) is 5.82. The van der Waals surface area contributed by atoms with E-state index in [1.807, 2.05) is 24.3 Å². The molecule has 1 aliphatic heterocycles. The van der Waals surface area contributed by atoms with Crippen LogP contribution in [0.15, 0.2) is 29.5 Å². The van der Waals surface area contributed by atoms with E-state index < -0.39 is 0 Å². The van der Waals surface area contributed by atoms with Crippen molar-refractivity contribution < 1.29 is 4.10 Å². The molecular formula is C7H7N3S. The fourth-order valence-corrected chi connectivity index (χ4v) is 1.24. The zero-order chi connectivity index (χ0) is 7.68. The molecule has 1 aliphatic rings. The molecule has 56 valence electrons. The smallest absolute Gasteiger partial charge is 0.153 e. The second-order valence-corrected chi connectivity index (χ2v) is 2.80. The summed E-state index contributed by atoms with van der Waals surface area (Å²) in [6.45, 7) is 0.707. The zero-order valence-corrected chi connectivity index (χ0v) is 6.64. The molecule has 1 aromatic rings. The van der Waals surface area contributed by atoms with Gasteiger partial charge in [-0.3, -0.25) is 4.10 Å². The maximum atomic E-state index is 4.87. The van der Waals surface area contributed by atoms with Crippen LogP contribution in [0.1, 0.15) is 5.56 Å². The van der Waals surface area contributed by atoms with Crippen LogP contribution in [0.2, 0.25) is 0 Å². The van der Waals surface area contributed by atoms with Gasteiger partial charge in [-0.2, -0.15) is 0 Å². The van der Waals surface area contributed by atoms with Gasteiger partial charge >= 0.3 is 0 Å². The molecule has 0 atom stereocenters. The van der Waals surface area contributed by atoms with Gasteiger partial charge in [0.05, 0.1) is 5.22 Å². The van der Waals surface area contributed by atoms with Gasteiger partial charge in [0.2, 0.25) is 0 Å². The van der Waals surface area contributed by atoms with Crippen LogP contribution in [0.5, 0.6) is 0 Å². The predicted molar refractivity (Wildman–Crippen MR) is 43.8 cm³/mol. The lowest BCUT2D eigenvalue weighted by Crippen LogP contribution is -2.11. The fourth-order valence-electron chi connectivity index (χ4n) is 1.06. The van der Waals surface area contributed by atoms with Gasteiger partial charge in [-0.15, -0.1) is 5.43 Å². The van der Waals surface area contributed by atoms with Crippen molar-refractivity contribution in [2.24, 2.45) is 5.22 Å². The maximum Gasteiger partial charge on any atom is 0.153 e. The van der Waals surface area contributed by atoms with Crippen molar-refractivity contribution in [1.82, 2.24) is 0 Å². The minimum Gasteiger partial charge on any atom is -0.533 e. The van der Waals surface area contributed by atoms with Crippen molar-refractivity contribution in [3.05, 3.63) is 29.8 Å². The van der Waals surface area contributed by atoms with Crippen LogP contribution in [0.3, 0.4) is 0 Å². The van der Waals surface area contributed by atoms with E-state index in [1.165, 1.54) is 9.67 Å². The van der Waals surface area contributed by atoms with Crippen molar-refractivity contribution in [3.63, 3.8) is 0 Å². The number of nitrogens with zero attached hydrogens (tertiary/aromatic N) is 2. The summed E-state index contributed by atoms with van der Waals surface area (Å²) in [5.41, 5.74) is 5.10. The second kappa shape index (κ2) is 2.47. The molecular weight excluding hydrogens is 158 g/mol. The van der Waals surface area contributed by atoms with Gasteiger partial charge in [-0.05, 0) is 6.07 Å². The van der Waals surface area contributed by atoms with Crippen molar-refractivity contribution >= 4 is 18.5 Å². The number of hydrogen-bond acceptors (Lipinski definition) is 3. The molecule has 3 nitrogen and oxygen atoms in total. The molecule has 2 rings (SSSR count). The monoisotopic (exact) mass is 165 g/mol. The highest BCUT2D eigenvalue weighted by Gasteiger charge is 2.09. The van der Waals surface area contributed by atoms with Gasteiger partial charge in [0.1, 0.15) is 6.54 Å². The minimum atomic E-state index is 0.707. The molecule has 0 fully saturated rings. The third kappa shape index (κ3) is 1.17. The Morgan fingerprint density at radius 2 is 2.27 bits per heavy atom. The maximum absolute atomic E-state index is 4.87. The quantitative estimate of drug-likeness (QED) is 0.465. The topological polar surface area (TPSA) is 27.4 Å². The van der Waals surface area contributed by atoms with E-state index in [2.05, 4.69) is 10.6 Å². The number of para-hydroxylation sites is 1. The highest BCUT2D eigenvalue weighted by atomic mass is 32.1. The van der Waals surface area contributed by atoms with Gasteiger partial charge < -0.3 is 12.8 Å². The van der Waals surface area contributed by atoms with Crippen molar-refractivity contribution in [2.45, 2.75) is 6.54 Å². The average Bonchev–Trinajstić information content (AvgIpc) is 2.04. The molecule has 0 amide bonds. The Hall–Kier alpha value is -1.16. The van der Waals surface area contributed by atoms with E-state index >= 15 is 0 Å². The largest absolute Gasteiger partial charge is 0.533 e. The summed E-state index contributed by atoms with van der Waals surface area (Å²) < 4.78 is 1.46. The Morgan fingerprint density at radius 1 is 1.45 bits per heavy atom. The molecule has 0 saturated heterocycles. The third-order valence-corrected chi connectivity index (χ3v) is 1.82. The lowest BCUT2D eigenvalue weighted by Gasteiger charge is -2.13. The molecule has 0 unspecified atom stereocenters. The van der Waals surface area contributed by atoms with Gasteiger partial charge in [-0.1, -0.05) is 18.2 Å². The Balaban J connectivity index is 2.42. The number of nitrogens with one attached hydrogen (secondary N) is 1. The lowest BCUT2D eigenvalue weighted by atomic mass is 10.2. The lowest BCUT2D eigenvalue weighted by molar-refractivity contribution is -0.443. The van der Waals surface area contributed by atoms with Gasteiger partial charge in [0, 0.05) is 5.56 Å². The molecule has 0 saturated carbocycles. The van der Waals surface area contributed by atoms with Crippen LogP contribution < -0.4 is 5.43 Å². The van der Waals surface area contributed by atoms with Crippen LogP contribution in [-0.4, -0.2) is 4.10 Å². The van der Waals surface area contributed by atoms with Crippen LogP contribution in [0.25, 0.3) is 0 Å². The molecule has 0 radical (unpaired) electrons. The Labute approximate surface area is 70.3 Å². The normalized spacial score (nSPS) is 14.7. The number of benzene rings is 1. The number of rotatable bonds is 0. The van der Waals surface area contributed by atoms with Crippen LogP contribution >= 0.6 is 0 Å². The highest BCUT2D eigenvalue weighted by Crippen LogP contribution is 2.18.